The Morgan fingerprint density at radius 2 is 1.87 bits per heavy atom. The quantitative estimate of drug-likeness (QED) is 0.366. The van der Waals surface area contributed by atoms with Crippen LogP contribution < -0.4 is 20.7 Å². The first kappa shape index (κ1) is 22.7. The van der Waals surface area contributed by atoms with Gasteiger partial charge < -0.3 is 30.9 Å². The molecule has 2 rings (SSSR count). The Morgan fingerprint density at radius 1 is 1.20 bits per heavy atom. The summed E-state index contributed by atoms with van der Waals surface area (Å²) in [6.07, 6.45) is -0.778. The van der Waals surface area contributed by atoms with Crippen molar-refractivity contribution in [3.63, 3.8) is 0 Å². The largest absolute Gasteiger partial charge is 0.481 e. The summed E-state index contributed by atoms with van der Waals surface area (Å²) in [6, 6.07) is 2.38. The van der Waals surface area contributed by atoms with Gasteiger partial charge in [0.05, 0.1) is 5.69 Å². The molecule has 3 atom stereocenters. The van der Waals surface area contributed by atoms with Gasteiger partial charge in [0.2, 0.25) is 5.91 Å². The van der Waals surface area contributed by atoms with Gasteiger partial charge >= 0.3 is 11.9 Å². The summed E-state index contributed by atoms with van der Waals surface area (Å²) in [4.78, 5) is 59.2. The van der Waals surface area contributed by atoms with Gasteiger partial charge in [0, 0.05) is 6.42 Å². The number of nitrogens with one attached hydrogen (secondary N) is 3. The number of aryl methyl sites for hydroxylation is 1. The summed E-state index contributed by atoms with van der Waals surface area (Å²) in [7, 11) is 0. The Kier molecular flexibility index (Phi) is 6.65. The molecule has 0 bridgehead atoms. The Hall–Kier alpha value is -3.63. The molecule has 1 aliphatic rings. The number of benzene rings is 1. The Balaban J connectivity index is 2.05. The van der Waals surface area contributed by atoms with Crippen LogP contribution in [0.5, 0.6) is 5.75 Å². The second-order valence-electron chi connectivity index (χ2n) is 7.12. The molecular formula is C19H23N3O8. The highest BCUT2D eigenvalue weighted by Gasteiger charge is 2.48. The van der Waals surface area contributed by atoms with Crippen molar-refractivity contribution in [2.24, 2.45) is 0 Å². The fraction of sp³-hybridized carbons (Fsp3) is 0.421. The van der Waals surface area contributed by atoms with E-state index < -0.39 is 53.8 Å². The van der Waals surface area contributed by atoms with Crippen molar-refractivity contribution in [3.05, 3.63) is 23.8 Å². The predicted octanol–water partition coefficient (Wildman–Crippen LogP) is 0.0235. The van der Waals surface area contributed by atoms with Crippen molar-refractivity contribution in [1.82, 2.24) is 10.6 Å². The maximum atomic E-state index is 12.7. The van der Waals surface area contributed by atoms with Crippen molar-refractivity contribution >= 4 is 35.3 Å². The van der Waals surface area contributed by atoms with Crippen LogP contribution in [0.15, 0.2) is 18.2 Å². The van der Waals surface area contributed by atoms with E-state index in [1.165, 1.54) is 13.8 Å². The molecule has 5 N–H and O–H groups in total. The second kappa shape index (κ2) is 8.80. The smallest absolute Gasteiger partial charge is 0.326 e. The SMILES string of the molecule is Cc1ccc2c(c1)NC(=O)C(C)(C(=O)N[C@@H](C)C(=O)N[C@H](CCC(=O)O)C(=O)O)O2. The molecule has 11 nitrogen and oxygen atoms in total. The number of hydrogen-bond donors (Lipinski definition) is 5. The maximum absolute atomic E-state index is 12.7. The third-order valence-electron chi connectivity index (χ3n) is 4.57. The summed E-state index contributed by atoms with van der Waals surface area (Å²) in [5.41, 5.74) is -0.655. The highest BCUT2D eigenvalue weighted by molar-refractivity contribution is 6.16. The van der Waals surface area contributed by atoms with E-state index in [-0.39, 0.29) is 12.2 Å². The van der Waals surface area contributed by atoms with Gasteiger partial charge in [-0.25, -0.2) is 4.79 Å². The summed E-state index contributed by atoms with van der Waals surface area (Å²) in [5, 5.41) is 24.9. The Morgan fingerprint density at radius 3 is 2.47 bits per heavy atom. The first-order valence-electron chi connectivity index (χ1n) is 9.11. The average molecular weight is 421 g/mol. The Bertz CT molecular complexity index is 900. The van der Waals surface area contributed by atoms with Crippen LogP contribution in [0, 0.1) is 6.92 Å². The molecule has 30 heavy (non-hydrogen) atoms. The number of anilines is 1. The fourth-order valence-electron chi connectivity index (χ4n) is 2.71. The van der Waals surface area contributed by atoms with E-state index >= 15 is 0 Å². The molecule has 1 heterocycles. The minimum absolute atomic E-state index is 0.287. The van der Waals surface area contributed by atoms with E-state index in [2.05, 4.69) is 16.0 Å². The van der Waals surface area contributed by atoms with E-state index in [1.54, 1.807) is 18.2 Å². The first-order chi connectivity index (χ1) is 13.9. The molecule has 1 aromatic rings. The molecule has 0 spiro atoms. The highest BCUT2D eigenvalue weighted by atomic mass is 16.5. The third kappa shape index (κ3) is 5.04. The summed E-state index contributed by atoms with van der Waals surface area (Å²) in [6.45, 7) is 4.37. The van der Waals surface area contributed by atoms with Gasteiger partial charge in [0.1, 0.15) is 17.8 Å². The van der Waals surface area contributed by atoms with E-state index in [0.29, 0.717) is 5.69 Å². The Labute approximate surface area is 171 Å². The van der Waals surface area contributed by atoms with Crippen LogP contribution in [0.2, 0.25) is 0 Å². The van der Waals surface area contributed by atoms with Crippen LogP contribution in [0.25, 0.3) is 0 Å². The number of rotatable bonds is 8. The normalized spacial score (nSPS) is 19.4. The fourth-order valence-corrected chi connectivity index (χ4v) is 2.71. The van der Waals surface area contributed by atoms with Crippen molar-refractivity contribution in [1.29, 1.82) is 0 Å². The average Bonchev–Trinajstić information content (AvgIpc) is 2.65. The summed E-state index contributed by atoms with van der Waals surface area (Å²) >= 11 is 0. The lowest BCUT2D eigenvalue weighted by atomic mass is 10.0. The maximum Gasteiger partial charge on any atom is 0.326 e. The van der Waals surface area contributed by atoms with Crippen LogP contribution in [0.1, 0.15) is 32.3 Å². The van der Waals surface area contributed by atoms with Gasteiger partial charge in [-0.15, -0.1) is 0 Å². The number of ether oxygens (including phenoxy) is 1. The molecule has 1 unspecified atom stereocenters. The zero-order valence-corrected chi connectivity index (χ0v) is 16.6. The predicted molar refractivity (Wildman–Crippen MR) is 103 cm³/mol. The second-order valence-corrected chi connectivity index (χ2v) is 7.12. The standard InChI is InChI=1S/C19H23N3O8/c1-9-4-6-13-12(8-9)22-18(29)19(3,30-13)17(28)20-10(2)15(25)21-11(16(26)27)5-7-14(23)24/h4,6,8,10-11H,5,7H2,1-3H3,(H,20,28)(H,21,25)(H,22,29)(H,23,24)(H,26,27)/t10-,11+,19?/m0/s1. The number of amides is 3. The highest BCUT2D eigenvalue weighted by Crippen LogP contribution is 2.34. The summed E-state index contributed by atoms with van der Waals surface area (Å²) < 4.78 is 5.60. The molecule has 0 saturated carbocycles. The molecule has 3 amide bonds. The minimum Gasteiger partial charge on any atom is -0.481 e. The summed E-state index contributed by atoms with van der Waals surface area (Å²) in [5.74, 6) is -4.80. The van der Waals surface area contributed by atoms with Crippen LogP contribution in [-0.4, -0.2) is 57.6 Å². The zero-order chi connectivity index (χ0) is 22.6. The van der Waals surface area contributed by atoms with E-state index in [0.717, 1.165) is 5.56 Å². The lowest BCUT2D eigenvalue weighted by molar-refractivity contribution is -0.148. The topological polar surface area (TPSA) is 171 Å². The van der Waals surface area contributed by atoms with Crippen molar-refractivity contribution in [2.45, 2.75) is 51.3 Å². The first-order valence-corrected chi connectivity index (χ1v) is 9.11. The molecule has 162 valence electrons. The molecule has 1 aromatic carbocycles. The van der Waals surface area contributed by atoms with Crippen molar-refractivity contribution < 1.29 is 38.9 Å². The molecule has 0 saturated heterocycles. The number of carboxylic acids is 2. The van der Waals surface area contributed by atoms with Crippen LogP contribution in [0.4, 0.5) is 5.69 Å². The van der Waals surface area contributed by atoms with Crippen LogP contribution in [-0.2, 0) is 24.0 Å². The molecule has 11 heteroatoms. The minimum atomic E-state index is -1.95. The van der Waals surface area contributed by atoms with Crippen LogP contribution >= 0.6 is 0 Å². The molecule has 0 fully saturated rings. The van der Waals surface area contributed by atoms with Crippen molar-refractivity contribution in [3.8, 4) is 5.75 Å². The number of carboxylic acid groups (broad SMARTS) is 2. The van der Waals surface area contributed by atoms with Gasteiger partial charge in [-0.3, -0.25) is 19.2 Å². The molecule has 1 aliphatic heterocycles. The zero-order valence-electron chi connectivity index (χ0n) is 16.6. The third-order valence-corrected chi connectivity index (χ3v) is 4.57. The van der Waals surface area contributed by atoms with Gasteiger partial charge in [0.25, 0.3) is 17.4 Å². The monoisotopic (exact) mass is 421 g/mol. The van der Waals surface area contributed by atoms with Crippen LogP contribution in [0.3, 0.4) is 0 Å². The number of carbonyl (C=O) groups excluding carboxylic acids is 3. The lowest BCUT2D eigenvalue weighted by Gasteiger charge is -2.34. The van der Waals surface area contributed by atoms with E-state index in [9.17, 15) is 24.0 Å². The van der Waals surface area contributed by atoms with Gasteiger partial charge in [-0.1, -0.05) is 6.07 Å². The van der Waals surface area contributed by atoms with Gasteiger partial charge in [-0.2, -0.15) is 0 Å². The van der Waals surface area contributed by atoms with E-state index in [1.807, 2.05) is 6.92 Å². The van der Waals surface area contributed by atoms with Gasteiger partial charge in [0.15, 0.2) is 0 Å². The molecule has 0 aromatic heterocycles. The number of aliphatic carboxylic acids is 2. The molecule has 0 aliphatic carbocycles. The van der Waals surface area contributed by atoms with Crippen molar-refractivity contribution in [2.75, 3.05) is 5.32 Å². The number of fused-ring (bicyclic) bond motifs is 1. The molecular weight excluding hydrogens is 398 g/mol. The van der Waals surface area contributed by atoms with Gasteiger partial charge in [-0.05, 0) is 44.9 Å². The number of carbonyl (C=O) groups is 5. The number of hydrogen-bond acceptors (Lipinski definition) is 6. The van der Waals surface area contributed by atoms with E-state index in [4.69, 9.17) is 14.9 Å². The lowest BCUT2D eigenvalue weighted by Crippen LogP contribution is -2.61. The molecule has 0 radical (unpaired) electrons.